The lowest BCUT2D eigenvalue weighted by atomic mass is 10.0. The number of benzene rings is 1. The van der Waals surface area contributed by atoms with Crippen molar-refractivity contribution < 1.29 is 4.74 Å². The Morgan fingerprint density at radius 2 is 2.06 bits per heavy atom. The Kier molecular flexibility index (Phi) is 3.97. The van der Waals surface area contributed by atoms with Crippen molar-refractivity contribution >= 4 is 0 Å². The monoisotopic (exact) mass is 219 g/mol. The normalized spacial score (nSPS) is 19.6. The van der Waals surface area contributed by atoms with Gasteiger partial charge in [0.1, 0.15) is 0 Å². The molecule has 2 nitrogen and oxygen atoms in total. The van der Waals surface area contributed by atoms with Crippen LogP contribution in [-0.2, 0) is 4.74 Å². The maximum atomic E-state index is 5.37. The highest BCUT2D eigenvalue weighted by molar-refractivity contribution is 5.24. The van der Waals surface area contributed by atoms with Crippen molar-refractivity contribution in [2.24, 2.45) is 0 Å². The number of hydrogen-bond acceptors (Lipinski definition) is 2. The Balaban J connectivity index is 1.94. The number of hydrogen-bond donors (Lipinski definition) is 1. The van der Waals surface area contributed by atoms with Gasteiger partial charge in [0, 0.05) is 25.3 Å². The maximum Gasteiger partial charge on any atom is 0.0480 e. The van der Waals surface area contributed by atoms with Gasteiger partial charge in [-0.1, -0.05) is 29.8 Å². The van der Waals surface area contributed by atoms with Gasteiger partial charge in [0.25, 0.3) is 0 Å². The standard InChI is InChI=1S/C14H21NO/c1-11-4-3-5-13(10-11)12(2)15-14-6-8-16-9-7-14/h3-5,10,12,14-15H,6-9H2,1-2H3/t12-/m0/s1. The van der Waals surface area contributed by atoms with E-state index in [-0.39, 0.29) is 0 Å². The third kappa shape index (κ3) is 3.06. The predicted octanol–water partition coefficient (Wildman–Crippen LogP) is 2.82. The van der Waals surface area contributed by atoms with Gasteiger partial charge in [-0.05, 0) is 32.3 Å². The van der Waals surface area contributed by atoms with E-state index in [9.17, 15) is 0 Å². The average Bonchev–Trinajstić information content (AvgIpc) is 2.30. The van der Waals surface area contributed by atoms with Crippen molar-refractivity contribution in [1.82, 2.24) is 5.32 Å². The SMILES string of the molecule is Cc1cccc([C@H](C)NC2CCOCC2)c1. The molecule has 0 bridgehead atoms. The fourth-order valence-electron chi connectivity index (χ4n) is 2.25. The molecule has 2 rings (SSSR count). The molecule has 1 atom stereocenters. The van der Waals surface area contributed by atoms with Crippen LogP contribution in [-0.4, -0.2) is 19.3 Å². The van der Waals surface area contributed by atoms with Crippen molar-refractivity contribution in [3.8, 4) is 0 Å². The third-order valence-electron chi connectivity index (χ3n) is 3.25. The Morgan fingerprint density at radius 1 is 1.31 bits per heavy atom. The Labute approximate surface area is 98.0 Å². The second-order valence-corrected chi connectivity index (χ2v) is 4.69. The second kappa shape index (κ2) is 5.46. The third-order valence-corrected chi connectivity index (χ3v) is 3.25. The van der Waals surface area contributed by atoms with E-state index in [0.29, 0.717) is 12.1 Å². The van der Waals surface area contributed by atoms with Crippen LogP contribution in [0, 0.1) is 6.92 Å². The van der Waals surface area contributed by atoms with Crippen molar-refractivity contribution in [3.63, 3.8) is 0 Å². The summed E-state index contributed by atoms with van der Waals surface area (Å²) in [6.07, 6.45) is 2.27. The largest absolute Gasteiger partial charge is 0.381 e. The van der Waals surface area contributed by atoms with Gasteiger partial charge in [-0.3, -0.25) is 0 Å². The molecule has 1 aliphatic heterocycles. The molecule has 16 heavy (non-hydrogen) atoms. The molecule has 1 aliphatic rings. The molecule has 0 amide bonds. The summed E-state index contributed by atoms with van der Waals surface area (Å²) >= 11 is 0. The zero-order chi connectivity index (χ0) is 11.4. The van der Waals surface area contributed by atoms with Gasteiger partial charge in [0.05, 0.1) is 0 Å². The Bertz CT molecular complexity index is 331. The minimum Gasteiger partial charge on any atom is -0.381 e. The van der Waals surface area contributed by atoms with E-state index in [2.05, 4.69) is 43.4 Å². The molecule has 1 saturated heterocycles. The first-order chi connectivity index (χ1) is 7.75. The van der Waals surface area contributed by atoms with Crippen LogP contribution >= 0.6 is 0 Å². The van der Waals surface area contributed by atoms with Gasteiger partial charge in [0.2, 0.25) is 0 Å². The number of aryl methyl sites for hydroxylation is 1. The van der Waals surface area contributed by atoms with Gasteiger partial charge < -0.3 is 10.1 Å². The lowest BCUT2D eigenvalue weighted by Crippen LogP contribution is -2.36. The minimum atomic E-state index is 0.433. The Hall–Kier alpha value is -0.860. The van der Waals surface area contributed by atoms with Gasteiger partial charge in [-0.2, -0.15) is 0 Å². The van der Waals surface area contributed by atoms with Crippen molar-refractivity contribution in [1.29, 1.82) is 0 Å². The van der Waals surface area contributed by atoms with Gasteiger partial charge in [0.15, 0.2) is 0 Å². The molecule has 0 radical (unpaired) electrons. The zero-order valence-electron chi connectivity index (χ0n) is 10.2. The highest BCUT2D eigenvalue weighted by Gasteiger charge is 2.16. The first-order valence-electron chi connectivity index (χ1n) is 6.16. The summed E-state index contributed by atoms with van der Waals surface area (Å²) in [5.41, 5.74) is 2.71. The van der Waals surface area contributed by atoms with E-state index >= 15 is 0 Å². The van der Waals surface area contributed by atoms with Crippen LogP contribution in [0.3, 0.4) is 0 Å². The quantitative estimate of drug-likeness (QED) is 0.844. The molecule has 1 aromatic rings. The summed E-state index contributed by atoms with van der Waals surface area (Å²) in [6.45, 7) is 6.19. The van der Waals surface area contributed by atoms with Crippen LogP contribution in [0.5, 0.6) is 0 Å². The molecule has 0 saturated carbocycles. The van der Waals surface area contributed by atoms with Crippen LogP contribution < -0.4 is 5.32 Å². The molecule has 0 spiro atoms. The smallest absolute Gasteiger partial charge is 0.0480 e. The molecule has 0 unspecified atom stereocenters. The number of rotatable bonds is 3. The van der Waals surface area contributed by atoms with Gasteiger partial charge >= 0.3 is 0 Å². The topological polar surface area (TPSA) is 21.3 Å². The average molecular weight is 219 g/mol. The van der Waals surface area contributed by atoms with Crippen molar-refractivity contribution in [2.45, 2.75) is 38.8 Å². The molecule has 1 N–H and O–H groups in total. The highest BCUT2D eigenvalue weighted by Crippen LogP contribution is 2.17. The number of nitrogens with one attached hydrogen (secondary N) is 1. The first-order valence-corrected chi connectivity index (χ1v) is 6.16. The maximum absolute atomic E-state index is 5.37. The molecule has 0 aliphatic carbocycles. The summed E-state index contributed by atoms with van der Waals surface area (Å²) < 4.78 is 5.37. The van der Waals surface area contributed by atoms with Crippen molar-refractivity contribution in [3.05, 3.63) is 35.4 Å². The molecule has 1 fully saturated rings. The minimum absolute atomic E-state index is 0.433. The Morgan fingerprint density at radius 3 is 2.75 bits per heavy atom. The molecule has 1 heterocycles. The van der Waals surface area contributed by atoms with E-state index in [0.717, 1.165) is 26.1 Å². The van der Waals surface area contributed by atoms with Crippen LogP contribution in [0.2, 0.25) is 0 Å². The van der Waals surface area contributed by atoms with E-state index in [1.807, 2.05) is 0 Å². The van der Waals surface area contributed by atoms with Crippen LogP contribution in [0.4, 0.5) is 0 Å². The molecule has 88 valence electrons. The molecule has 1 aromatic carbocycles. The van der Waals surface area contributed by atoms with E-state index in [1.165, 1.54) is 11.1 Å². The summed E-state index contributed by atoms with van der Waals surface area (Å²) in [5.74, 6) is 0. The second-order valence-electron chi connectivity index (χ2n) is 4.69. The lowest BCUT2D eigenvalue weighted by Gasteiger charge is -2.27. The first kappa shape index (κ1) is 11.6. The van der Waals surface area contributed by atoms with E-state index < -0.39 is 0 Å². The molecule has 0 aromatic heterocycles. The summed E-state index contributed by atoms with van der Waals surface area (Å²) in [6, 6.07) is 9.78. The number of ether oxygens (including phenoxy) is 1. The zero-order valence-corrected chi connectivity index (χ0v) is 10.2. The van der Waals surface area contributed by atoms with Crippen LogP contribution in [0.15, 0.2) is 24.3 Å². The van der Waals surface area contributed by atoms with Crippen molar-refractivity contribution in [2.75, 3.05) is 13.2 Å². The van der Waals surface area contributed by atoms with E-state index in [1.54, 1.807) is 0 Å². The van der Waals surface area contributed by atoms with Gasteiger partial charge in [-0.15, -0.1) is 0 Å². The molecule has 2 heteroatoms. The lowest BCUT2D eigenvalue weighted by molar-refractivity contribution is 0.0754. The summed E-state index contributed by atoms with van der Waals surface area (Å²) in [5, 5.41) is 3.68. The van der Waals surface area contributed by atoms with Gasteiger partial charge in [-0.25, -0.2) is 0 Å². The van der Waals surface area contributed by atoms with E-state index in [4.69, 9.17) is 4.74 Å². The highest BCUT2D eigenvalue weighted by atomic mass is 16.5. The van der Waals surface area contributed by atoms with Crippen LogP contribution in [0.1, 0.15) is 36.9 Å². The molecular formula is C14H21NO. The predicted molar refractivity (Wildman–Crippen MR) is 66.6 cm³/mol. The summed E-state index contributed by atoms with van der Waals surface area (Å²) in [7, 11) is 0. The fraction of sp³-hybridized carbons (Fsp3) is 0.571. The summed E-state index contributed by atoms with van der Waals surface area (Å²) in [4.78, 5) is 0. The molecular weight excluding hydrogens is 198 g/mol. The fourth-order valence-corrected chi connectivity index (χ4v) is 2.25. The van der Waals surface area contributed by atoms with Crippen LogP contribution in [0.25, 0.3) is 0 Å².